The van der Waals surface area contributed by atoms with Gasteiger partial charge < -0.3 is 9.47 Å². The van der Waals surface area contributed by atoms with Gasteiger partial charge in [0.1, 0.15) is 6.10 Å². The third-order valence-electron chi connectivity index (χ3n) is 2.72. The molecule has 4 nitrogen and oxygen atoms in total. The van der Waals surface area contributed by atoms with Crippen LogP contribution in [0.2, 0.25) is 0 Å². The molecule has 1 radical (unpaired) electrons. The molecule has 99 valence electrons. The van der Waals surface area contributed by atoms with Crippen molar-refractivity contribution in [2.75, 3.05) is 0 Å². The van der Waals surface area contributed by atoms with Crippen molar-refractivity contribution in [3.8, 4) is 0 Å². The van der Waals surface area contributed by atoms with Gasteiger partial charge in [0.15, 0.2) is 6.10 Å². The molecule has 0 rings (SSSR count). The molecule has 1 atom stereocenters. The van der Waals surface area contributed by atoms with Gasteiger partial charge in [-0.1, -0.05) is 33.6 Å². The number of unbranched alkanes of at least 4 members (excludes halogenated alkanes) is 2. The first-order valence-electron chi connectivity index (χ1n) is 6.42. The topological polar surface area (TPSA) is 52.6 Å². The van der Waals surface area contributed by atoms with Gasteiger partial charge in [-0.3, -0.25) is 0 Å². The molecule has 0 aliphatic heterocycles. The van der Waals surface area contributed by atoms with Crippen LogP contribution in [0.15, 0.2) is 0 Å². The van der Waals surface area contributed by atoms with E-state index in [9.17, 15) is 9.59 Å². The summed E-state index contributed by atoms with van der Waals surface area (Å²) < 4.78 is 9.91. The Morgan fingerprint density at radius 1 is 1.18 bits per heavy atom. The van der Waals surface area contributed by atoms with Crippen molar-refractivity contribution in [3.63, 3.8) is 0 Å². The predicted octanol–water partition coefficient (Wildman–Crippen LogP) is 2.75. The minimum atomic E-state index is -0.792. The van der Waals surface area contributed by atoms with Gasteiger partial charge in [-0.2, -0.15) is 0 Å². The second-order valence-electron chi connectivity index (χ2n) is 4.06. The van der Waals surface area contributed by atoms with Crippen molar-refractivity contribution in [3.05, 3.63) is 0 Å². The molecule has 0 aromatic carbocycles. The van der Waals surface area contributed by atoms with Crippen LogP contribution < -0.4 is 0 Å². The minimum absolute atomic E-state index is 0.0913. The van der Waals surface area contributed by atoms with E-state index < -0.39 is 12.1 Å². The van der Waals surface area contributed by atoms with Gasteiger partial charge >= 0.3 is 12.4 Å². The quantitative estimate of drug-likeness (QED) is 0.437. The maximum atomic E-state index is 11.7. The van der Waals surface area contributed by atoms with E-state index in [4.69, 9.17) is 4.74 Å². The van der Waals surface area contributed by atoms with Crippen LogP contribution in [-0.2, 0) is 19.1 Å². The molecule has 0 saturated heterocycles. The zero-order valence-corrected chi connectivity index (χ0v) is 11.0. The lowest BCUT2D eigenvalue weighted by molar-refractivity contribution is -0.159. The van der Waals surface area contributed by atoms with E-state index >= 15 is 0 Å². The molecule has 0 N–H and O–H groups in total. The molecule has 17 heavy (non-hydrogen) atoms. The summed E-state index contributed by atoms with van der Waals surface area (Å²) in [5.41, 5.74) is 0. The summed E-state index contributed by atoms with van der Waals surface area (Å²) in [6, 6.07) is 0. The van der Waals surface area contributed by atoms with Gasteiger partial charge in [0.25, 0.3) is 0 Å². The fourth-order valence-corrected chi connectivity index (χ4v) is 1.56. The average molecular weight is 243 g/mol. The van der Waals surface area contributed by atoms with E-state index in [1.807, 2.05) is 13.8 Å². The highest BCUT2D eigenvalue weighted by Crippen LogP contribution is 2.11. The molecule has 0 bridgehead atoms. The second-order valence-corrected chi connectivity index (χ2v) is 4.06. The fourth-order valence-electron chi connectivity index (χ4n) is 1.56. The second kappa shape index (κ2) is 10.1. The number of carbonyl (C=O) groups is 1. The van der Waals surface area contributed by atoms with Gasteiger partial charge in [-0.25, -0.2) is 9.59 Å². The van der Waals surface area contributed by atoms with E-state index in [-0.39, 0.29) is 6.10 Å². The zero-order chi connectivity index (χ0) is 13.1. The van der Waals surface area contributed by atoms with Gasteiger partial charge in [0.05, 0.1) is 0 Å². The lowest BCUT2D eigenvalue weighted by atomic mass is 10.1. The van der Waals surface area contributed by atoms with E-state index in [1.54, 1.807) is 0 Å². The van der Waals surface area contributed by atoms with Crippen LogP contribution in [0.25, 0.3) is 0 Å². The summed E-state index contributed by atoms with van der Waals surface area (Å²) in [4.78, 5) is 22.0. The van der Waals surface area contributed by atoms with Crippen LogP contribution in [0.1, 0.15) is 59.3 Å². The van der Waals surface area contributed by atoms with Gasteiger partial charge in [0.2, 0.25) is 0 Å². The molecule has 1 unspecified atom stereocenters. The Labute approximate surface area is 104 Å². The summed E-state index contributed by atoms with van der Waals surface area (Å²) in [6.45, 7) is 7.32. The van der Waals surface area contributed by atoms with Crippen LogP contribution in [0.5, 0.6) is 0 Å². The molecule has 0 aromatic heterocycles. The summed E-state index contributed by atoms with van der Waals surface area (Å²) in [5, 5.41) is 0. The number of ether oxygens (including phenoxy) is 2. The Balaban J connectivity index is 4.17. The molecule has 0 heterocycles. The molecule has 4 heteroatoms. The first kappa shape index (κ1) is 15.9. The smallest absolute Gasteiger partial charge is 0.418 e. The highest BCUT2D eigenvalue weighted by Gasteiger charge is 2.23. The molecule has 0 aliphatic rings. The summed E-state index contributed by atoms with van der Waals surface area (Å²) in [5.74, 6) is -0.446. The maximum absolute atomic E-state index is 11.7. The number of rotatable bonds is 10. The molecule has 0 fully saturated rings. The third kappa shape index (κ3) is 6.97. The van der Waals surface area contributed by atoms with Crippen LogP contribution in [0, 0.1) is 0 Å². The van der Waals surface area contributed by atoms with E-state index in [0.717, 1.165) is 32.1 Å². The summed E-state index contributed by atoms with van der Waals surface area (Å²) in [7, 11) is 0. The van der Waals surface area contributed by atoms with Gasteiger partial charge in [0, 0.05) is 0 Å². The number of esters is 1. The molecule has 0 aromatic rings. The first-order valence-corrected chi connectivity index (χ1v) is 6.42. The largest absolute Gasteiger partial charge is 0.460 e. The standard InChI is InChI=1S/C13H23O4/c1-4-7-8-9-12(16-10-14)13(15)17-11(5-2)6-3/h11-12H,4-9H2,1-3H3. The first-order chi connectivity index (χ1) is 8.19. The molecule has 0 amide bonds. The molecule has 0 spiro atoms. The lowest BCUT2D eigenvalue weighted by Crippen LogP contribution is -2.30. The third-order valence-corrected chi connectivity index (χ3v) is 2.72. The Hall–Kier alpha value is -1.06. The Morgan fingerprint density at radius 2 is 1.82 bits per heavy atom. The van der Waals surface area contributed by atoms with Crippen LogP contribution >= 0.6 is 0 Å². The Kier molecular flexibility index (Phi) is 9.49. The van der Waals surface area contributed by atoms with E-state index in [2.05, 4.69) is 11.7 Å². The van der Waals surface area contributed by atoms with Crippen LogP contribution in [0.4, 0.5) is 0 Å². The van der Waals surface area contributed by atoms with Crippen molar-refractivity contribution in [2.24, 2.45) is 0 Å². The molecule has 0 saturated carbocycles. The minimum Gasteiger partial charge on any atom is -0.460 e. The summed E-state index contributed by atoms with van der Waals surface area (Å²) >= 11 is 0. The molecular weight excluding hydrogens is 220 g/mol. The normalized spacial score (nSPS) is 12.2. The molecule has 0 aliphatic carbocycles. The fraction of sp³-hybridized carbons (Fsp3) is 0.846. The van der Waals surface area contributed by atoms with E-state index in [0.29, 0.717) is 6.42 Å². The van der Waals surface area contributed by atoms with Gasteiger partial charge in [-0.05, 0) is 25.7 Å². The SMILES string of the molecule is CCCCCC(O[C]=O)C(=O)OC(CC)CC. The van der Waals surface area contributed by atoms with Gasteiger partial charge in [-0.15, -0.1) is 0 Å². The van der Waals surface area contributed by atoms with Crippen molar-refractivity contribution >= 4 is 12.4 Å². The van der Waals surface area contributed by atoms with E-state index in [1.165, 1.54) is 6.47 Å². The van der Waals surface area contributed by atoms with Crippen LogP contribution in [-0.4, -0.2) is 24.6 Å². The highest BCUT2D eigenvalue weighted by atomic mass is 16.6. The van der Waals surface area contributed by atoms with Crippen molar-refractivity contribution in [1.82, 2.24) is 0 Å². The Bertz CT molecular complexity index is 211. The predicted molar refractivity (Wildman–Crippen MR) is 65.2 cm³/mol. The number of carbonyl (C=O) groups excluding carboxylic acids is 2. The molecular formula is C13H23O4. The van der Waals surface area contributed by atoms with Crippen molar-refractivity contribution < 1.29 is 19.1 Å². The number of hydrogen-bond donors (Lipinski definition) is 0. The Morgan fingerprint density at radius 3 is 2.29 bits per heavy atom. The number of hydrogen-bond acceptors (Lipinski definition) is 4. The van der Waals surface area contributed by atoms with Crippen molar-refractivity contribution in [1.29, 1.82) is 0 Å². The highest BCUT2D eigenvalue weighted by molar-refractivity contribution is 5.76. The summed E-state index contributed by atoms with van der Waals surface area (Å²) in [6.07, 6.45) is 4.09. The van der Waals surface area contributed by atoms with Crippen molar-refractivity contribution in [2.45, 2.75) is 71.5 Å². The zero-order valence-electron chi connectivity index (χ0n) is 11.0. The average Bonchev–Trinajstić information content (AvgIpc) is 2.34. The van der Waals surface area contributed by atoms with Crippen LogP contribution in [0.3, 0.4) is 0 Å². The lowest BCUT2D eigenvalue weighted by Gasteiger charge is -2.18. The monoisotopic (exact) mass is 243 g/mol. The maximum Gasteiger partial charge on any atom is 0.418 e.